The Morgan fingerprint density at radius 1 is 1.17 bits per heavy atom. The zero-order valence-electron chi connectivity index (χ0n) is 10.6. The standard InChI is InChI=1S/C15H17NOS/c1-11-7-8-14(17)12(9-11)10-16-13-5-3-4-6-15(13)18-2/h3-9,16-17H,10H2,1-2H3. The second kappa shape index (κ2) is 5.83. The zero-order chi connectivity index (χ0) is 13.0. The van der Waals surface area contributed by atoms with E-state index in [4.69, 9.17) is 0 Å². The molecule has 0 fully saturated rings. The third-order valence-electron chi connectivity index (χ3n) is 2.81. The molecule has 0 saturated carbocycles. The maximum absolute atomic E-state index is 9.79. The number of phenols is 1. The number of hydrogen-bond acceptors (Lipinski definition) is 3. The smallest absolute Gasteiger partial charge is 0.120 e. The van der Waals surface area contributed by atoms with Crippen molar-refractivity contribution in [2.45, 2.75) is 18.4 Å². The maximum atomic E-state index is 9.79. The second-order valence-corrected chi connectivity index (χ2v) is 5.03. The van der Waals surface area contributed by atoms with Crippen molar-refractivity contribution in [2.24, 2.45) is 0 Å². The topological polar surface area (TPSA) is 32.3 Å². The average Bonchev–Trinajstić information content (AvgIpc) is 2.40. The predicted molar refractivity (Wildman–Crippen MR) is 78.4 cm³/mol. The lowest BCUT2D eigenvalue weighted by Crippen LogP contribution is -2.01. The van der Waals surface area contributed by atoms with E-state index in [-0.39, 0.29) is 0 Å². The lowest BCUT2D eigenvalue weighted by molar-refractivity contribution is 0.469. The zero-order valence-corrected chi connectivity index (χ0v) is 11.4. The van der Waals surface area contributed by atoms with Crippen LogP contribution in [0, 0.1) is 6.92 Å². The van der Waals surface area contributed by atoms with Crippen LogP contribution in [-0.2, 0) is 6.54 Å². The molecule has 0 spiro atoms. The first-order valence-corrected chi connectivity index (χ1v) is 7.08. The van der Waals surface area contributed by atoms with Gasteiger partial charge < -0.3 is 10.4 Å². The third-order valence-corrected chi connectivity index (χ3v) is 3.61. The minimum absolute atomic E-state index is 0.342. The van der Waals surface area contributed by atoms with Gasteiger partial charge in [-0.3, -0.25) is 0 Å². The molecule has 0 aliphatic rings. The van der Waals surface area contributed by atoms with Gasteiger partial charge >= 0.3 is 0 Å². The highest BCUT2D eigenvalue weighted by molar-refractivity contribution is 7.98. The number of hydrogen-bond donors (Lipinski definition) is 2. The Morgan fingerprint density at radius 3 is 2.72 bits per heavy atom. The van der Waals surface area contributed by atoms with Gasteiger partial charge in [0.1, 0.15) is 5.75 Å². The summed E-state index contributed by atoms with van der Waals surface area (Å²) in [5.41, 5.74) is 3.18. The van der Waals surface area contributed by atoms with Gasteiger partial charge in [0.25, 0.3) is 0 Å². The molecule has 2 N–H and O–H groups in total. The summed E-state index contributed by atoms with van der Waals surface area (Å²) < 4.78 is 0. The molecule has 0 amide bonds. The number of aromatic hydroxyl groups is 1. The molecule has 2 aromatic carbocycles. The molecule has 0 atom stereocenters. The minimum atomic E-state index is 0.342. The molecule has 2 rings (SSSR count). The van der Waals surface area contributed by atoms with Crippen molar-refractivity contribution in [3.8, 4) is 5.75 Å². The third kappa shape index (κ3) is 2.99. The van der Waals surface area contributed by atoms with Crippen LogP contribution >= 0.6 is 11.8 Å². The molecule has 0 saturated heterocycles. The quantitative estimate of drug-likeness (QED) is 0.813. The van der Waals surface area contributed by atoms with Crippen LogP contribution in [0.1, 0.15) is 11.1 Å². The number of aryl methyl sites for hydroxylation is 1. The Labute approximate surface area is 112 Å². The second-order valence-electron chi connectivity index (χ2n) is 4.19. The molecule has 0 aliphatic heterocycles. The number of para-hydroxylation sites is 1. The Bertz CT molecular complexity index is 540. The summed E-state index contributed by atoms with van der Waals surface area (Å²) in [5.74, 6) is 0.342. The van der Waals surface area contributed by atoms with Crippen LogP contribution in [0.2, 0.25) is 0 Å². The highest BCUT2D eigenvalue weighted by Gasteiger charge is 2.03. The summed E-state index contributed by atoms with van der Waals surface area (Å²) in [4.78, 5) is 1.21. The average molecular weight is 259 g/mol. The van der Waals surface area contributed by atoms with Gasteiger partial charge in [-0.2, -0.15) is 0 Å². The molecule has 0 aromatic heterocycles. The van der Waals surface area contributed by atoms with E-state index in [2.05, 4.69) is 23.7 Å². The van der Waals surface area contributed by atoms with Crippen molar-refractivity contribution in [1.82, 2.24) is 0 Å². The molecular weight excluding hydrogens is 242 g/mol. The number of anilines is 1. The predicted octanol–water partition coefficient (Wildman–Crippen LogP) is 4.03. The molecule has 2 aromatic rings. The number of benzene rings is 2. The van der Waals surface area contributed by atoms with Gasteiger partial charge in [0.15, 0.2) is 0 Å². The van der Waals surface area contributed by atoms with Gasteiger partial charge in [0.05, 0.1) is 0 Å². The van der Waals surface area contributed by atoms with Crippen molar-refractivity contribution >= 4 is 17.4 Å². The van der Waals surface area contributed by atoms with E-state index in [1.54, 1.807) is 17.8 Å². The van der Waals surface area contributed by atoms with Gasteiger partial charge in [-0.15, -0.1) is 11.8 Å². The number of thioether (sulfide) groups is 1. The monoisotopic (exact) mass is 259 g/mol. The summed E-state index contributed by atoms with van der Waals surface area (Å²) >= 11 is 1.71. The molecule has 94 valence electrons. The van der Waals surface area contributed by atoms with Crippen LogP contribution in [0.25, 0.3) is 0 Å². The van der Waals surface area contributed by atoms with Crippen LogP contribution in [0.4, 0.5) is 5.69 Å². The molecule has 0 unspecified atom stereocenters. The van der Waals surface area contributed by atoms with E-state index in [1.807, 2.05) is 31.2 Å². The fraction of sp³-hybridized carbons (Fsp3) is 0.200. The molecule has 3 heteroatoms. The molecule has 0 radical (unpaired) electrons. The first-order chi connectivity index (χ1) is 8.70. The number of nitrogens with one attached hydrogen (secondary N) is 1. The minimum Gasteiger partial charge on any atom is -0.508 e. The Hall–Kier alpha value is -1.61. The summed E-state index contributed by atoms with van der Waals surface area (Å²) in [6.45, 7) is 2.66. The van der Waals surface area contributed by atoms with Crippen molar-refractivity contribution in [2.75, 3.05) is 11.6 Å². The van der Waals surface area contributed by atoms with E-state index in [1.165, 1.54) is 4.90 Å². The fourth-order valence-electron chi connectivity index (χ4n) is 1.84. The van der Waals surface area contributed by atoms with Gasteiger partial charge in [-0.05, 0) is 31.4 Å². The van der Waals surface area contributed by atoms with Crippen LogP contribution in [0.15, 0.2) is 47.4 Å². The van der Waals surface area contributed by atoms with Crippen molar-refractivity contribution in [3.63, 3.8) is 0 Å². The maximum Gasteiger partial charge on any atom is 0.120 e. The van der Waals surface area contributed by atoms with Crippen LogP contribution in [0.3, 0.4) is 0 Å². The molecule has 0 aliphatic carbocycles. The summed E-state index contributed by atoms with van der Waals surface area (Å²) in [6.07, 6.45) is 2.06. The first kappa shape index (κ1) is 12.8. The van der Waals surface area contributed by atoms with Gasteiger partial charge in [0, 0.05) is 22.7 Å². The van der Waals surface area contributed by atoms with Gasteiger partial charge in [0.2, 0.25) is 0 Å². The SMILES string of the molecule is CSc1ccccc1NCc1cc(C)ccc1O. The van der Waals surface area contributed by atoms with Crippen LogP contribution in [0.5, 0.6) is 5.75 Å². The highest BCUT2D eigenvalue weighted by Crippen LogP contribution is 2.26. The van der Waals surface area contributed by atoms with Crippen molar-refractivity contribution in [1.29, 1.82) is 0 Å². The molecule has 0 bridgehead atoms. The number of phenolic OH excluding ortho intramolecular Hbond substituents is 1. The number of rotatable bonds is 4. The normalized spacial score (nSPS) is 10.3. The lowest BCUT2D eigenvalue weighted by Gasteiger charge is -2.11. The van der Waals surface area contributed by atoms with E-state index in [0.717, 1.165) is 16.8 Å². The van der Waals surface area contributed by atoms with E-state index in [9.17, 15) is 5.11 Å². The fourth-order valence-corrected chi connectivity index (χ4v) is 2.41. The summed E-state index contributed by atoms with van der Waals surface area (Å²) in [6, 6.07) is 13.8. The van der Waals surface area contributed by atoms with Gasteiger partial charge in [-0.1, -0.05) is 29.8 Å². The van der Waals surface area contributed by atoms with Crippen molar-refractivity contribution < 1.29 is 5.11 Å². The van der Waals surface area contributed by atoms with Crippen LogP contribution in [-0.4, -0.2) is 11.4 Å². The van der Waals surface area contributed by atoms with E-state index in [0.29, 0.717) is 12.3 Å². The van der Waals surface area contributed by atoms with Crippen molar-refractivity contribution in [3.05, 3.63) is 53.6 Å². The summed E-state index contributed by atoms with van der Waals surface area (Å²) in [5, 5.41) is 13.2. The van der Waals surface area contributed by atoms with E-state index < -0.39 is 0 Å². The molecular formula is C15H17NOS. The van der Waals surface area contributed by atoms with E-state index >= 15 is 0 Å². The lowest BCUT2D eigenvalue weighted by atomic mass is 10.1. The highest BCUT2D eigenvalue weighted by atomic mass is 32.2. The Kier molecular flexibility index (Phi) is 4.15. The molecule has 2 nitrogen and oxygen atoms in total. The Morgan fingerprint density at radius 2 is 1.94 bits per heavy atom. The first-order valence-electron chi connectivity index (χ1n) is 5.86. The largest absolute Gasteiger partial charge is 0.508 e. The Balaban J connectivity index is 2.14. The summed E-state index contributed by atoms with van der Waals surface area (Å²) in [7, 11) is 0. The molecule has 0 heterocycles. The molecule has 18 heavy (non-hydrogen) atoms. The van der Waals surface area contributed by atoms with Crippen LogP contribution < -0.4 is 5.32 Å². The van der Waals surface area contributed by atoms with Gasteiger partial charge in [-0.25, -0.2) is 0 Å².